The Morgan fingerprint density at radius 2 is 2.00 bits per heavy atom. The van der Waals surface area contributed by atoms with Crippen molar-refractivity contribution in [3.8, 4) is 0 Å². The van der Waals surface area contributed by atoms with E-state index in [0.717, 1.165) is 23.5 Å². The van der Waals surface area contributed by atoms with E-state index in [1.54, 1.807) is 0 Å². The summed E-state index contributed by atoms with van der Waals surface area (Å²) in [5.74, 6) is 2.55. The molecule has 18 heavy (non-hydrogen) atoms. The number of nitrogens with zero attached hydrogens (tertiary/aromatic N) is 2. The van der Waals surface area contributed by atoms with Crippen LogP contribution in [0.5, 0.6) is 0 Å². The molecule has 1 aromatic rings. The van der Waals surface area contributed by atoms with E-state index < -0.39 is 0 Å². The quantitative estimate of drug-likeness (QED) is 0.751. The molecule has 2 heterocycles. The first-order valence-corrected chi connectivity index (χ1v) is 7.70. The van der Waals surface area contributed by atoms with E-state index in [2.05, 4.69) is 17.0 Å². The van der Waals surface area contributed by atoms with E-state index in [4.69, 9.17) is 16.6 Å². The van der Waals surface area contributed by atoms with Gasteiger partial charge in [-0.05, 0) is 43.7 Å². The molecule has 0 N–H and O–H groups in total. The van der Waals surface area contributed by atoms with Gasteiger partial charge in [-0.15, -0.1) is 11.6 Å². The molecule has 1 aliphatic carbocycles. The van der Waals surface area contributed by atoms with E-state index in [1.807, 2.05) is 6.07 Å². The first kappa shape index (κ1) is 12.3. The van der Waals surface area contributed by atoms with Crippen LogP contribution in [0.15, 0.2) is 18.2 Å². The molecular weight excluding hydrogens is 244 g/mol. The number of hydrogen-bond donors (Lipinski definition) is 0. The van der Waals surface area contributed by atoms with Gasteiger partial charge in [0.2, 0.25) is 0 Å². The van der Waals surface area contributed by atoms with E-state index >= 15 is 0 Å². The van der Waals surface area contributed by atoms with Gasteiger partial charge in [0.25, 0.3) is 0 Å². The topological polar surface area (TPSA) is 16.1 Å². The molecule has 0 radical (unpaired) electrons. The molecule has 0 spiro atoms. The second-order valence-corrected chi connectivity index (χ2v) is 5.84. The van der Waals surface area contributed by atoms with E-state index in [1.165, 1.54) is 45.1 Å². The number of piperidine rings is 1. The summed E-state index contributed by atoms with van der Waals surface area (Å²) in [5, 5.41) is 0. The molecule has 2 fully saturated rings. The van der Waals surface area contributed by atoms with Crippen molar-refractivity contribution < 1.29 is 0 Å². The van der Waals surface area contributed by atoms with Crippen molar-refractivity contribution in [2.45, 2.75) is 50.4 Å². The smallest absolute Gasteiger partial charge is 0.129 e. The minimum absolute atomic E-state index is 0.510. The number of alkyl halides is 1. The first-order valence-electron chi connectivity index (χ1n) is 7.17. The summed E-state index contributed by atoms with van der Waals surface area (Å²) in [4.78, 5) is 7.24. The third-order valence-corrected chi connectivity index (χ3v) is 4.74. The summed E-state index contributed by atoms with van der Waals surface area (Å²) in [6.07, 6.45) is 8.29. The summed E-state index contributed by atoms with van der Waals surface area (Å²) in [6, 6.07) is 6.98. The van der Waals surface area contributed by atoms with Crippen LogP contribution in [-0.2, 0) is 5.88 Å². The number of pyridine rings is 1. The predicted molar refractivity (Wildman–Crippen MR) is 76.1 cm³/mol. The van der Waals surface area contributed by atoms with Gasteiger partial charge in [-0.2, -0.15) is 0 Å². The van der Waals surface area contributed by atoms with E-state index in [-0.39, 0.29) is 0 Å². The maximum absolute atomic E-state index is 5.89. The third kappa shape index (κ3) is 2.35. The summed E-state index contributed by atoms with van der Waals surface area (Å²) in [5.41, 5.74) is 0.993. The summed E-state index contributed by atoms with van der Waals surface area (Å²) < 4.78 is 0. The predicted octanol–water partition coefficient (Wildman–Crippen LogP) is 3.98. The molecule has 98 valence electrons. The monoisotopic (exact) mass is 264 g/mol. The van der Waals surface area contributed by atoms with Crippen molar-refractivity contribution in [2.75, 3.05) is 11.4 Å². The third-order valence-electron chi connectivity index (χ3n) is 4.47. The second kappa shape index (κ2) is 5.48. The van der Waals surface area contributed by atoms with Crippen molar-refractivity contribution in [3.05, 3.63) is 23.9 Å². The van der Waals surface area contributed by atoms with Crippen LogP contribution in [0.1, 0.15) is 44.2 Å². The molecule has 0 bridgehead atoms. The van der Waals surface area contributed by atoms with Crippen molar-refractivity contribution in [1.82, 2.24) is 4.98 Å². The Kier molecular flexibility index (Phi) is 3.74. The lowest BCUT2D eigenvalue weighted by atomic mass is 9.78. The Bertz CT molecular complexity index is 405. The zero-order chi connectivity index (χ0) is 12.4. The van der Waals surface area contributed by atoms with Crippen LogP contribution < -0.4 is 4.90 Å². The average molecular weight is 265 g/mol. The molecule has 2 atom stereocenters. The molecule has 1 saturated carbocycles. The van der Waals surface area contributed by atoms with Crippen molar-refractivity contribution in [1.29, 1.82) is 0 Å². The molecule has 3 heteroatoms. The fourth-order valence-corrected chi connectivity index (χ4v) is 3.76. The summed E-state index contributed by atoms with van der Waals surface area (Å²) in [7, 11) is 0. The maximum Gasteiger partial charge on any atom is 0.129 e. The molecule has 0 unspecified atom stereocenters. The van der Waals surface area contributed by atoms with Gasteiger partial charge >= 0.3 is 0 Å². The highest BCUT2D eigenvalue weighted by atomic mass is 35.5. The molecule has 1 aliphatic heterocycles. The van der Waals surface area contributed by atoms with Crippen molar-refractivity contribution >= 4 is 17.4 Å². The van der Waals surface area contributed by atoms with E-state index in [9.17, 15) is 0 Å². The number of aromatic nitrogens is 1. The standard InChI is InChI=1S/C15H21ClN2/c16-11-13-7-3-9-15(17-13)18-10-4-6-12-5-1-2-8-14(12)18/h3,7,9,12,14H,1-2,4-6,8,10-11H2/t12-,14-/m1/s1. The van der Waals surface area contributed by atoms with Crippen LogP contribution in [0.3, 0.4) is 0 Å². The Morgan fingerprint density at radius 3 is 2.89 bits per heavy atom. The number of anilines is 1. The number of rotatable bonds is 2. The normalized spacial score (nSPS) is 27.9. The summed E-state index contributed by atoms with van der Waals surface area (Å²) in [6.45, 7) is 1.17. The van der Waals surface area contributed by atoms with Crippen molar-refractivity contribution in [2.24, 2.45) is 5.92 Å². The lowest BCUT2D eigenvalue weighted by molar-refractivity contribution is 0.242. The van der Waals surface area contributed by atoms with Gasteiger partial charge in [-0.25, -0.2) is 4.98 Å². The molecule has 3 rings (SSSR count). The SMILES string of the molecule is ClCc1cccc(N2CCC[C@H]3CCCC[C@H]32)n1. The van der Waals surface area contributed by atoms with Crippen LogP contribution in [0.4, 0.5) is 5.82 Å². The molecule has 1 saturated heterocycles. The zero-order valence-electron chi connectivity index (χ0n) is 10.8. The molecule has 2 aliphatic rings. The van der Waals surface area contributed by atoms with Crippen LogP contribution >= 0.6 is 11.6 Å². The fraction of sp³-hybridized carbons (Fsp3) is 0.667. The first-order chi connectivity index (χ1) is 8.88. The number of halogens is 1. The summed E-state index contributed by atoms with van der Waals surface area (Å²) >= 11 is 5.89. The number of hydrogen-bond acceptors (Lipinski definition) is 2. The van der Waals surface area contributed by atoms with Crippen LogP contribution in [-0.4, -0.2) is 17.6 Å². The molecule has 0 amide bonds. The van der Waals surface area contributed by atoms with Gasteiger partial charge < -0.3 is 4.90 Å². The van der Waals surface area contributed by atoms with Gasteiger partial charge in [0, 0.05) is 12.6 Å². The van der Waals surface area contributed by atoms with Crippen LogP contribution in [0, 0.1) is 5.92 Å². The molecular formula is C15H21ClN2. The highest BCUT2D eigenvalue weighted by Crippen LogP contribution is 2.37. The zero-order valence-corrected chi connectivity index (χ0v) is 11.6. The highest BCUT2D eigenvalue weighted by Gasteiger charge is 2.33. The van der Waals surface area contributed by atoms with Crippen LogP contribution in [0.25, 0.3) is 0 Å². The largest absolute Gasteiger partial charge is 0.353 e. The van der Waals surface area contributed by atoms with E-state index in [0.29, 0.717) is 5.88 Å². The van der Waals surface area contributed by atoms with Gasteiger partial charge in [-0.1, -0.05) is 18.9 Å². The Hall–Kier alpha value is -0.760. The fourth-order valence-electron chi connectivity index (χ4n) is 3.61. The van der Waals surface area contributed by atoms with Crippen molar-refractivity contribution in [3.63, 3.8) is 0 Å². The minimum atomic E-state index is 0.510. The van der Waals surface area contributed by atoms with Gasteiger partial charge in [-0.3, -0.25) is 0 Å². The highest BCUT2D eigenvalue weighted by molar-refractivity contribution is 6.16. The Balaban J connectivity index is 1.84. The lowest BCUT2D eigenvalue weighted by Gasteiger charge is -2.44. The Morgan fingerprint density at radius 1 is 1.17 bits per heavy atom. The molecule has 0 aromatic carbocycles. The Labute approximate surface area is 114 Å². The minimum Gasteiger partial charge on any atom is -0.353 e. The maximum atomic E-state index is 5.89. The molecule has 2 nitrogen and oxygen atoms in total. The lowest BCUT2D eigenvalue weighted by Crippen LogP contribution is -2.47. The molecule has 1 aromatic heterocycles. The van der Waals surface area contributed by atoms with Gasteiger partial charge in [0.1, 0.15) is 5.82 Å². The van der Waals surface area contributed by atoms with Gasteiger partial charge in [0.15, 0.2) is 0 Å². The average Bonchev–Trinajstić information content (AvgIpc) is 2.47. The van der Waals surface area contributed by atoms with Gasteiger partial charge in [0.05, 0.1) is 11.6 Å². The number of fused-ring (bicyclic) bond motifs is 1. The second-order valence-electron chi connectivity index (χ2n) is 5.57. The van der Waals surface area contributed by atoms with Crippen LogP contribution in [0.2, 0.25) is 0 Å².